The molecule has 28 heavy (non-hydrogen) atoms. The maximum atomic E-state index is 12.9. The molecular weight excluding hydrogens is 370 g/mol. The van der Waals surface area contributed by atoms with Crippen LogP contribution in [0.3, 0.4) is 0 Å². The minimum atomic E-state index is -0.513. The Morgan fingerprint density at radius 2 is 1.82 bits per heavy atom. The number of hydrogen-bond acceptors (Lipinski definition) is 4. The third-order valence-electron chi connectivity index (χ3n) is 4.51. The summed E-state index contributed by atoms with van der Waals surface area (Å²) in [5, 5.41) is 3.80. The van der Waals surface area contributed by atoms with Crippen LogP contribution in [0.15, 0.2) is 54.6 Å². The molecule has 0 aliphatic heterocycles. The van der Waals surface area contributed by atoms with E-state index in [9.17, 15) is 9.59 Å². The average molecular weight is 396 g/mol. The summed E-state index contributed by atoms with van der Waals surface area (Å²) in [4.78, 5) is 31.6. The highest BCUT2D eigenvalue weighted by Gasteiger charge is 2.24. The van der Waals surface area contributed by atoms with Crippen LogP contribution < -0.4 is 5.32 Å². The van der Waals surface area contributed by atoms with E-state index in [2.05, 4.69) is 10.3 Å². The third-order valence-corrected chi connectivity index (χ3v) is 5.53. The van der Waals surface area contributed by atoms with Crippen LogP contribution in [0.5, 0.6) is 0 Å². The zero-order chi connectivity index (χ0) is 19.9. The summed E-state index contributed by atoms with van der Waals surface area (Å²) < 4.78 is 1.11. The van der Waals surface area contributed by atoms with Gasteiger partial charge in [0.15, 0.2) is 0 Å². The lowest BCUT2D eigenvalue weighted by atomic mass is 10.1. The van der Waals surface area contributed by atoms with Gasteiger partial charge in [-0.1, -0.05) is 55.8 Å². The third kappa shape index (κ3) is 5.16. The van der Waals surface area contributed by atoms with Crippen molar-refractivity contribution in [2.24, 2.45) is 0 Å². The molecule has 6 heteroatoms. The van der Waals surface area contributed by atoms with E-state index in [0.29, 0.717) is 13.0 Å². The molecule has 1 unspecified atom stereocenters. The number of carbonyl (C=O) groups excluding carboxylic acids is 2. The molecule has 5 nitrogen and oxygen atoms in total. The van der Waals surface area contributed by atoms with Gasteiger partial charge in [0.1, 0.15) is 11.0 Å². The number of carbonyl (C=O) groups is 2. The molecule has 2 aromatic carbocycles. The summed E-state index contributed by atoms with van der Waals surface area (Å²) in [7, 11) is 1.76. The summed E-state index contributed by atoms with van der Waals surface area (Å²) in [5.74, 6) is -0.214. The molecule has 0 aliphatic rings. The fourth-order valence-electron chi connectivity index (χ4n) is 3.11. The first-order valence-corrected chi connectivity index (χ1v) is 10.3. The fraction of sp³-hybridized carbons (Fsp3) is 0.318. The first-order valence-electron chi connectivity index (χ1n) is 9.49. The molecule has 1 N–H and O–H groups in total. The Labute approximate surface area is 169 Å². The number of fused-ring (bicyclic) bond motifs is 1. The van der Waals surface area contributed by atoms with E-state index >= 15 is 0 Å². The van der Waals surface area contributed by atoms with Gasteiger partial charge in [-0.2, -0.15) is 0 Å². The second-order valence-electron chi connectivity index (χ2n) is 6.84. The number of thiazole rings is 1. The smallest absolute Gasteiger partial charge is 0.245 e. The molecule has 0 aliphatic carbocycles. The molecule has 2 amide bonds. The molecule has 0 saturated carbocycles. The predicted octanol–water partition coefficient (Wildman–Crippen LogP) is 3.78. The van der Waals surface area contributed by atoms with Crippen LogP contribution in [0.1, 0.15) is 30.3 Å². The Morgan fingerprint density at radius 3 is 2.54 bits per heavy atom. The van der Waals surface area contributed by atoms with Gasteiger partial charge in [0, 0.05) is 7.05 Å². The number of benzene rings is 2. The predicted molar refractivity (Wildman–Crippen MR) is 113 cm³/mol. The highest BCUT2D eigenvalue weighted by atomic mass is 32.1. The van der Waals surface area contributed by atoms with E-state index in [0.717, 1.165) is 27.2 Å². The molecular formula is C22H25N3O2S. The Morgan fingerprint density at radius 1 is 1.11 bits per heavy atom. The molecule has 3 aromatic rings. The number of rotatable bonds is 8. The van der Waals surface area contributed by atoms with Crippen molar-refractivity contribution in [2.75, 3.05) is 7.05 Å². The van der Waals surface area contributed by atoms with E-state index in [1.807, 2.05) is 61.5 Å². The highest BCUT2D eigenvalue weighted by molar-refractivity contribution is 7.18. The van der Waals surface area contributed by atoms with Gasteiger partial charge in [0.2, 0.25) is 11.8 Å². The number of aromatic nitrogens is 1. The minimum absolute atomic E-state index is 0.0810. The lowest BCUT2D eigenvalue weighted by Gasteiger charge is -2.24. The maximum absolute atomic E-state index is 12.9. The normalized spacial score (nSPS) is 11.9. The standard InChI is InChI=1S/C22H25N3O2S/c1-3-9-18(23-20(26)14-16-10-5-4-6-11-16)22(27)25(2)15-21-24-17-12-7-8-13-19(17)28-21/h4-8,10-13,18H,3,9,14-15H2,1-2H3,(H,23,26). The number of hydrogen-bond donors (Lipinski definition) is 1. The second kappa shape index (κ2) is 9.46. The lowest BCUT2D eigenvalue weighted by molar-refractivity contribution is -0.135. The van der Waals surface area contributed by atoms with Crippen molar-refractivity contribution in [3.63, 3.8) is 0 Å². The maximum Gasteiger partial charge on any atom is 0.245 e. The van der Waals surface area contributed by atoms with Crippen LogP contribution in [-0.2, 0) is 22.6 Å². The van der Waals surface area contributed by atoms with Crippen LogP contribution in [0.2, 0.25) is 0 Å². The van der Waals surface area contributed by atoms with Crippen molar-refractivity contribution in [1.29, 1.82) is 0 Å². The Bertz CT molecular complexity index is 906. The average Bonchev–Trinajstić information content (AvgIpc) is 3.10. The first-order chi connectivity index (χ1) is 13.6. The van der Waals surface area contributed by atoms with E-state index in [-0.39, 0.29) is 18.2 Å². The first kappa shape index (κ1) is 20.0. The molecule has 146 valence electrons. The summed E-state index contributed by atoms with van der Waals surface area (Å²) in [6.07, 6.45) is 1.70. The SMILES string of the molecule is CCCC(NC(=O)Cc1ccccc1)C(=O)N(C)Cc1nc2ccccc2s1. The summed E-state index contributed by atoms with van der Waals surface area (Å²) in [6, 6.07) is 17.0. The molecule has 0 saturated heterocycles. The van der Waals surface area contributed by atoms with Crippen molar-refractivity contribution in [2.45, 2.75) is 38.8 Å². The Balaban J connectivity index is 1.63. The van der Waals surface area contributed by atoms with Gasteiger partial charge in [0.25, 0.3) is 0 Å². The summed E-state index contributed by atoms with van der Waals surface area (Å²) in [6.45, 7) is 2.45. The number of likely N-dealkylation sites (N-methyl/N-ethyl adjacent to an activating group) is 1. The zero-order valence-electron chi connectivity index (χ0n) is 16.2. The van der Waals surface area contributed by atoms with E-state index in [4.69, 9.17) is 0 Å². The quantitative estimate of drug-likeness (QED) is 0.631. The van der Waals surface area contributed by atoms with Crippen molar-refractivity contribution >= 4 is 33.4 Å². The van der Waals surface area contributed by atoms with Crippen molar-refractivity contribution in [3.05, 3.63) is 65.2 Å². The minimum Gasteiger partial charge on any atom is -0.344 e. The van der Waals surface area contributed by atoms with Gasteiger partial charge in [-0.15, -0.1) is 11.3 Å². The van der Waals surface area contributed by atoms with Crippen LogP contribution in [-0.4, -0.2) is 34.8 Å². The van der Waals surface area contributed by atoms with E-state index in [1.54, 1.807) is 23.3 Å². The van der Waals surface area contributed by atoms with Gasteiger partial charge >= 0.3 is 0 Å². The zero-order valence-corrected chi connectivity index (χ0v) is 17.0. The van der Waals surface area contributed by atoms with Gasteiger partial charge in [-0.25, -0.2) is 4.98 Å². The molecule has 1 atom stereocenters. The molecule has 0 radical (unpaired) electrons. The van der Waals surface area contributed by atoms with E-state index in [1.165, 1.54) is 0 Å². The monoisotopic (exact) mass is 395 g/mol. The van der Waals surface area contributed by atoms with Gasteiger partial charge < -0.3 is 10.2 Å². The molecule has 1 heterocycles. The molecule has 0 fully saturated rings. The summed E-state index contributed by atoms with van der Waals surface area (Å²) in [5.41, 5.74) is 1.88. The van der Waals surface area contributed by atoms with Crippen molar-refractivity contribution in [1.82, 2.24) is 15.2 Å². The molecule has 3 rings (SSSR count). The van der Waals surface area contributed by atoms with Gasteiger partial charge in [0.05, 0.1) is 23.2 Å². The van der Waals surface area contributed by atoms with Crippen molar-refractivity contribution < 1.29 is 9.59 Å². The van der Waals surface area contributed by atoms with Crippen LogP contribution >= 0.6 is 11.3 Å². The topological polar surface area (TPSA) is 62.3 Å². The van der Waals surface area contributed by atoms with Crippen LogP contribution in [0.25, 0.3) is 10.2 Å². The number of nitrogens with one attached hydrogen (secondary N) is 1. The summed E-state index contributed by atoms with van der Waals surface area (Å²) >= 11 is 1.59. The Kier molecular flexibility index (Phi) is 6.76. The number of amides is 2. The van der Waals surface area contributed by atoms with E-state index < -0.39 is 6.04 Å². The second-order valence-corrected chi connectivity index (χ2v) is 7.96. The largest absolute Gasteiger partial charge is 0.344 e. The van der Waals surface area contributed by atoms with Crippen molar-refractivity contribution in [3.8, 4) is 0 Å². The number of para-hydroxylation sites is 1. The molecule has 0 spiro atoms. The van der Waals surface area contributed by atoms with Gasteiger partial charge in [-0.05, 0) is 24.1 Å². The molecule has 1 aromatic heterocycles. The highest BCUT2D eigenvalue weighted by Crippen LogP contribution is 2.22. The van der Waals surface area contributed by atoms with Gasteiger partial charge in [-0.3, -0.25) is 9.59 Å². The van der Waals surface area contributed by atoms with Crippen LogP contribution in [0.4, 0.5) is 0 Å². The Hall–Kier alpha value is -2.73. The molecule has 0 bridgehead atoms. The number of nitrogens with zero attached hydrogens (tertiary/aromatic N) is 2. The fourth-order valence-corrected chi connectivity index (χ4v) is 4.13. The lowest BCUT2D eigenvalue weighted by Crippen LogP contribution is -2.47. The van der Waals surface area contributed by atoms with Crippen LogP contribution in [0, 0.1) is 0 Å².